The lowest BCUT2D eigenvalue weighted by molar-refractivity contribution is -0.145. The molecule has 52 heavy (non-hydrogen) atoms. The van der Waals surface area contributed by atoms with Crippen LogP contribution in [0.2, 0.25) is 0 Å². The fourth-order valence-electron chi connectivity index (χ4n) is 7.40. The van der Waals surface area contributed by atoms with Crippen molar-refractivity contribution in [2.45, 2.75) is 143 Å². The molecule has 3 aliphatic rings. The summed E-state index contributed by atoms with van der Waals surface area (Å²) in [6.45, 7) is 21.2. The van der Waals surface area contributed by atoms with E-state index in [2.05, 4.69) is 41.7 Å². The van der Waals surface area contributed by atoms with Crippen LogP contribution in [0.25, 0.3) is 0 Å². The van der Waals surface area contributed by atoms with E-state index in [1.165, 1.54) is 11.0 Å². The molecule has 6 amide bonds. The molecule has 0 unspecified atom stereocenters. The van der Waals surface area contributed by atoms with Crippen molar-refractivity contribution < 1.29 is 33.5 Å². The van der Waals surface area contributed by atoms with Crippen LogP contribution in [-0.2, 0) is 28.7 Å². The Morgan fingerprint density at radius 1 is 1.04 bits per heavy atom. The molecule has 3 heterocycles. The Morgan fingerprint density at radius 2 is 1.71 bits per heavy atom. The van der Waals surface area contributed by atoms with Gasteiger partial charge in [0, 0.05) is 39.2 Å². The Kier molecular flexibility index (Phi) is 15.7. The smallest absolute Gasteiger partial charge is 0.315 e. The average Bonchev–Trinajstić information content (AvgIpc) is 3.51. The topological polar surface area (TPSA) is 166 Å². The molecule has 3 rings (SSSR count). The second-order valence-electron chi connectivity index (χ2n) is 17.2. The summed E-state index contributed by atoms with van der Waals surface area (Å²) in [6.07, 6.45) is 6.86. The number of piperidine rings is 1. The Hall–Kier alpha value is -3.48. The Morgan fingerprint density at radius 3 is 2.35 bits per heavy atom. The van der Waals surface area contributed by atoms with Crippen LogP contribution in [0.3, 0.4) is 0 Å². The molecule has 294 valence electrons. The maximum absolute atomic E-state index is 14.6. The molecule has 0 spiro atoms. The first-order valence-electron chi connectivity index (χ1n) is 19.4. The van der Waals surface area contributed by atoms with E-state index >= 15 is 0 Å². The van der Waals surface area contributed by atoms with Crippen molar-refractivity contribution in [3.8, 4) is 0 Å². The molecule has 0 aromatic rings. The van der Waals surface area contributed by atoms with Gasteiger partial charge in [-0.15, -0.1) is 6.58 Å². The van der Waals surface area contributed by atoms with Crippen molar-refractivity contribution in [1.29, 1.82) is 0 Å². The fraction of sp³-hybridized carbons (Fsp3) is 0.795. The van der Waals surface area contributed by atoms with Crippen LogP contribution in [0.5, 0.6) is 0 Å². The molecule has 0 radical (unpaired) electrons. The van der Waals surface area contributed by atoms with E-state index in [0.717, 1.165) is 32.1 Å². The number of nitrogens with zero attached hydrogens (tertiary/aromatic N) is 2. The van der Waals surface area contributed by atoms with Gasteiger partial charge >= 0.3 is 6.03 Å². The molecule has 13 nitrogen and oxygen atoms in total. The number of rotatable bonds is 9. The second kappa shape index (κ2) is 19.0. The molecule has 0 aromatic carbocycles. The maximum Gasteiger partial charge on any atom is 0.315 e. The summed E-state index contributed by atoms with van der Waals surface area (Å²) in [4.78, 5) is 84.8. The van der Waals surface area contributed by atoms with Gasteiger partial charge in [0.15, 0.2) is 0 Å². The van der Waals surface area contributed by atoms with Gasteiger partial charge in [0.1, 0.15) is 12.1 Å². The Bertz CT molecular complexity index is 1290. The highest BCUT2D eigenvalue weighted by Gasteiger charge is 2.47. The summed E-state index contributed by atoms with van der Waals surface area (Å²) in [5, 5.41) is 11.3. The summed E-state index contributed by atoms with van der Waals surface area (Å²) in [7, 11) is 0. The van der Waals surface area contributed by atoms with Crippen molar-refractivity contribution >= 4 is 35.4 Å². The van der Waals surface area contributed by atoms with Gasteiger partial charge in [0.25, 0.3) is 5.91 Å². The second-order valence-corrected chi connectivity index (χ2v) is 17.2. The third-order valence-corrected chi connectivity index (χ3v) is 11.0. The number of nitrogens with one attached hydrogen (secondary N) is 4. The van der Waals surface area contributed by atoms with Crippen molar-refractivity contribution in [1.82, 2.24) is 31.1 Å². The summed E-state index contributed by atoms with van der Waals surface area (Å²) in [6, 6.07) is -4.05. The molecule has 4 N–H and O–H groups in total. The predicted octanol–water partition coefficient (Wildman–Crippen LogP) is 3.71. The van der Waals surface area contributed by atoms with E-state index in [9.17, 15) is 28.8 Å². The number of likely N-dealkylation sites (tertiary alicyclic amines) is 1. The molecule has 13 heteroatoms. The monoisotopic (exact) mass is 730 g/mol. The summed E-state index contributed by atoms with van der Waals surface area (Å²) < 4.78 is 6.17. The molecule has 0 aromatic heterocycles. The predicted molar refractivity (Wildman–Crippen MR) is 200 cm³/mol. The van der Waals surface area contributed by atoms with E-state index in [1.54, 1.807) is 6.92 Å². The molecular weight excluding hydrogens is 664 g/mol. The third-order valence-electron chi connectivity index (χ3n) is 11.0. The van der Waals surface area contributed by atoms with Crippen molar-refractivity contribution in [2.75, 3.05) is 32.8 Å². The summed E-state index contributed by atoms with van der Waals surface area (Å²) >= 11 is 0. The first-order chi connectivity index (χ1) is 24.4. The van der Waals surface area contributed by atoms with Crippen LogP contribution in [0.4, 0.5) is 4.79 Å². The van der Waals surface area contributed by atoms with Gasteiger partial charge in [0.05, 0.1) is 18.2 Å². The van der Waals surface area contributed by atoms with E-state index in [-0.39, 0.29) is 36.2 Å². The number of fused-ring (bicyclic) bond motifs is 1. The van der Waals surface area contributed by atoms with Crippen molar-refractivity contribution in [3.63, 3.8) is 0 Å². The van der Waals surface area contributed by atoms with E-state index in [4.69, 9.17) is 4.74 Å². The standard InChI is InChI=1S/C39H66N6O7/c1-10-19-40-35(49)33(47)28-16-14-12-11-13-15-22-52-26(4)31(36(50)45-20-17-27(25(2)3)32(45)34(48)41-28)43-37(51)42-29(38(5,6)7)24-44-21-18-39(8,9)23-30(44)46/h10,25-29,31-32H,1,11-24H2,2-9H3,(H,40,49)(H,41,48)(H2,42,43,51)/t26-,27+,28-,29+,31-,32-/m0/s1. The van der Waals surface area contributed by atoms with Crippen molar-refractivity contribution in [3.05, 3.63) is 12.7 Å². The van der Waals surface area contributed by atoms with Crippen LogP contribution in [0, 0.1) is 22.7 Å². The molecule has 3 aliphatic heterocycles. The van der Waals surface area contributed by atoms with Crippen LogP contribution in [0.15, 0.2) is 12.7 Å². The number of hydrogen-bond acceptors (Lipinski definition) is 7. The van der Waals surface area contributed by atoms with Crippen LogP contribution in [-0.4, -0.2) is 108 Å². The highest BCUT2D eigenvalue weighted by Crippen LogP contribution is 2.33. The molecule has 0 aliphatic carbocycles. The lowest BCUT2D eigenvalue weighted by Crippen LogP contribution is -2.62. The maximum atomic E-state index is 14.6. The van der Waals surface area contributed by atoms with Crippen LogP contribution in [0.1, 0.15) is 113 Å². The number of ether oxygens (including phenoxy) is 1. The van der Waals surface area contributed by atoms with Gasteiger partial charge in [-0.25, -0.2) is 4.79 Å². The minimum Gasteiger partial charge on any atom is -0.376 e. The first-order valence-corrected chi connectivity index (χ1v) is 19.4. The highest BCUT2D eigenvalue weighted by atomic mass is 16.5. The zero-order valence-corrected chi connectivity index (χ0v) is 33.0. The molecule has 3 saturated heterocycles. The van der Waals surface area contributed by atoms with E-state index < -0.39 is 65.2 Å². The number of amides is 6. The zero-order valence-electron chi connectivity index (χ0n) is 33.0. The minimum absolute atomic E-state index is 0.0307. The molecular formula is C39H66N6O7. The van der Waals surface area contributed by atoms with Crippen LogP contribution >= 0.6 is 0 Å². The SMILES string of the molecule is C=CCNC(=O)C(=O)[C@@H]1CCCCCCCO[C@@H](C)[C@H](NC(=O)N[C@H](CN2CCC(C)(C)CC2=O)C(C)(C)C)C(=O)N2CC[C@H](C(C)C)[C@H]2C(=O)N1. The van der Waals surface area contributed by atoms with Gasteiger partial charge in [-0.05, 0) is 55.3 Å². The van der Waals surface area contributed by atoms with Gasteiger partial charge in [-0.3, -0.25) is 24.0 Å². The number of carbonyl (C=O) groups excluding carboxylic acids is 6. The molecule has 0 saturated carbocycles. The Labute approximate surface area is 311 Å². The van der Waals surface area contributed by atoms with Crippen molar-refractivity contribution in [2.24, 2.45) is 22.7 Å². The number of hydrogen-bond donors (Lipinski definition) is 4. The van der Waals surface area contributed by atoms with Crippen LogP contribution < -0.4 is 21.3 Å². The highest BCUT2D eigenvalue weighted by molar-refractivity contribution is 6.38. The summed E-state index contributed by atoms with van der Waals surface area (Å²) in [5.41, 5.74) is -0.470. The van der Waals surface area contributed by atoms with Gasteiger partial charge in [0.2, 0.25) is 23.5 Å². The number of carbonyl (C=O) groups is 6. The average molecular weight is 731 g/mol. The van der Waals surface area contributed by atoms with Gasteiger partial charge in [-0.2, -0.15) is 0 Å². The molecule has 6 atom stereocenters. The first kappa shape index (κ1) is 42.9. The zero-order chi connectivity index (χ0) is 38.8. The minimum atomic E-state index is -1.12. The lowest BCUT2D eigenvalue weighted by Gasteiger charge is -2.41. The van der Waals surface area contributed by atoms with E-state index in [0.29, 0.717) is 45.4 Å². The number of urea groups is 1. The third kappa shape index (κ3) is 12.0. The lowest BCUT2D eigenvalue weighted by atomic mass is 9.81. The van der Waals surface area contributed by atoms with Gasteiger partial charge in [-0.1, -0.05) is 80.2 Å². The largest absolute Gasteiger partial charge is 0.376 e. The number of Topliss-reactive ketones (excluding diaryl/α,β-unsaturated/α-hetero) is 1. The quantitative estimate of drug-likeness (QED) is 0.207. The number of ketones is 1. The molecule has 3 fully saturated rings. The van der Waals surface area contributed by atoms with Gasteiger partial charge < -0.3 is 35.8 Å². The molecule has 0 bridgehead atoms. The normalized spacial score (nSPS) is 27.3. The Balaban J connectivity index is 1.89. The van der Waals surface area contributed by atoms with E-state index in [1.807, 2.05) is 39.5 Å². The summed E-state index contributed by atoms with van der Waals surface area (Å²) in [5.74, 6) is -2.59. The fourth-order valence-corrected chi connectivity index (χ4v) is 7.40.